The van der Waals surface area contributed by atoms with Crippen molar-refractivity contribution in [2.24, 2.45) is 11.8 Å². The maximum atomic E-state index is 8.79. The smallest absolute Gasteiger partial charge is 0.0443 e. The second-order valence-electron chi connectivity index (χ2n) is 4.87. The van der Waals surface area contributed by atoms with Crippen molar-refractivity contribution in [3.05, 3.63) is 0 Å². The maximum Gasteiger partial charge on any atom is 0.0443 e. The van der Waals surface area contributed by atoms with Crippen LogP contribution in [-0.2, 0) is 0 Å². The molecule has 1 N–H and O–H groups in total. The van der Waals surface area contributed by atoms with Gasteiger partial charge >= 0.3 is 0 Å². The molecule has 14 heavy (non-hydrogen) atoms. The van der Waals surface area contributed by atoms with Crippen LogP contribution in [0.3, 0.4) is 0 Å². The average Bonchev–Trinajstić information content (AvgIpc) is 2.59. The predicted octanol–water partition coefficient (Wildman–Crippen LogP) is 2.13. The molecule has 0 aliphatic heterocycles. The molecule has 0 aromatic rings. The third kappa shape index (κ3) is 2.96. The normalized spacial score (nSPS) is 29.8. The van der Waals surface area contributed by atoms with E-state index in [4.69, 9.17) is 5.11 Å². The van der Waals surface area contributed by atoms with Crippen LogP contribution in [0.25, 0.3) is 0 Å². The highest BCUT2D eigenvalue weighted by atomic mass is 16.3. The van der Waals surface area contributed by atoms with E-state index in [-0.39, 0.29) is 0 Å². The van der Waals surface area contributed by atoms with Crippen LogP contribution in [-0.4, -0.2) is 36.2 Å². The van der Waals surface area contributed by atoms with E-state index in [9.17, 15) is 0 Å². The molecule has 1 fully saturated rings. The molecular weight excluding hydrogens is 174 g/mol. The van der Waals surface area contributed by atoms with Crippen LogP contribution in [0, 0.1) is 11.8 Å². The molecule has 2 unspecified atom stereocenters. The van der Waals surface area contributed by atoms with Crippen molar-refractivity contribution < 1.29 is 5.11 Å². The van der Waals surface area contributed by atoms with Gasteiger partial charge in [-0.15, -0.1) is 0 Å². The molecule has 1 aliphatic rings. The lowest BCUT2D eigenvalue weighted by molar-refractivity contribution is 0.153. The van der Waals surface area contributed by atoms with Crippen molar-refractivity contribution in [3.63, 3.8) is 0 Å². The Bertz CT molecular complexity index is 160. The van der Waals surface area contributed by atoms with Crippen LogP contribution in [0.15, 0.2) is 0 Å². The Balaban J connectivity index is 2.34. The topological polar surface area (TPSA) is 23.5 Å². The standard InChI is InChI=1S/C12H25NO/c1-10-6-4-7-12(10)11(2)13(3)8-5-9-14/h10-12,14H,4-9H2,1-3H3/t10?,11-,12?/m1/s1. The minimum atomic E-state index is 0.317. The van der Waals surface area contributed by atoms with E-state index in [1.54, 1.807) is 0 Å². The molecule has 2 nitrogen and oxygen atoms in total. The first-order chi connectivity index (χ1) is 6.66. The summed E-state index contributed by atoms with van der Waals surface area (Å²) in [6.07, 6.45) is 5.11. The highest BCUT2D eigenvalue weighted by Crippen LogP contribution is 2.35. The van der Waals surface area contributed by atoms with E-state index in [2.05, 4.69) is 25.8 Å². The molecule has 0 spiro atoms. The van der Waals surface area contributed by atoms with Gasteiger partial charge in [0.05, 0.1) is 0 Å². The molecule has 0 heterocycles. The van der Waals surface area contributed by atoms with Crippen LogP contribution >= 0.6 is 0 Å². The zero-order chi connectivity index (χ0) is 10.6. The number of aliphatic hydroxyl groups excluding tert-OH is 1. The van der Waals surface area contributed by atoms with Gasteiger partial charge in [-0.1, -0.05) is 19.8 Å². The Labute approximate surface area is 88.3 Å². The van der Waals surface area contributed by atoms with Crippen molar-refractivity contribution >= 4 is 0 Å². The molecule has 0 amide bonds. The van der Waals surface area contributed by atoms with Crippen molar-refractivity contribution in [3.8, 4) is 0 Å². The molecule has 0 saturated heterocycles. The lowest BCUT2D eigenvalue weighted by atomic mass is 9.90. The Kier molecular flexibility index (Phi) is 4.90. The van der Waals surface area contributed by atoms with Gasteiger partial charge in [0.25, 0.3) is 0 Å². The molecule has 0 bridgehead atoms. The van der Waals surface area contributed by atoms with Crippen LogP contribution in [0.2, 0.25) is 0 Å². The highest BCUT2D eigenvalue weighted by molar-refractivity contribution is 4.82. The fourth-order valence-corrected chi connectivity index (χ4v) is 2.74. The SMILES string of the molecule is CC1CCCC1[C@@H](C)N(C)CCCO. The van der Waals surface area contributed by atoms with Crippen molar-refractivity contribution in [2.75, 3.05) is 20.2 Å². The van der Waals surface area contributed by atoms with Crippen LogP contribution in [0.1, 0.15) is 39.5 Å². The average molecular weight is 199 g/mol. The molecule has 0 radical (unpaired) electrons. The molecule has 1 aliphatic carbocycles. The van der Waals surface area contributed by atoms with E-state index in [0.717, 1.165) is 24.8 Å². The minimum Gasteiger partial charge on any atom is -0.396 e. The first-order valence-corrected chi connectivity index (χ1v) is 5.98. The number of nitrogens with zero attached hydrogens (tertiary/aromatic N) is 1. The van der Waals surface area contributed by atoms with E-state index in [0.29, 0.717) is 12.6 Å². The fraction of sp³-hybridized carbons (Fsp3) is 1.00. The van der Waals surface area contributed by atoms with Gasteiger partial charge in [-0.3, -0.25) is 0 Å². The molecule has 1 saturated carbocycles. The number of rotatable bonds is 5. The van der Waals surface area contributed by atoms with Gasteiger partial charge in [-0.25, -0.2) is 0 Å². The van der Waals surface area contributed by atoms with Crippen LogP contribution < -0.4 is 0 Å². The molecule has 3 atom stereocenters. The second-order valence-corrected chi connectivity index (χ2v) is 4.87. The third-order valence-electron chi connectivity index (χ3n) is 3.91. The molecular formula is C12H25NO. The number of aliphatic hydroxyl groups is 1. The number of hydrogen-bond acceptors (Lipinski definition) is 2. The first kappa shape index (κ1) is 12.0. The molecule has 1 rings (SSSR count). The van der Waals surface area contributed by atoms with Gasteiger partial charge in [0.2, 0.25) is 0 Å². The van der Waals surface area contributed by atoms with Crippen molar-refractivity contribution in [1.82, 2.24) is 4.90 Å². The minimum absolute atomic E-state index is 0.317. The Morgan fingerprint density at radius 1 is 1.43 bits per heavy atom. The molecule has 2 heteroatoms. The van der Waals surface area contributed by atoms with E-state index in [1.165, 1.54) is 19.3 Å². The molecule has 0 aromatic carbocycles. The first-order valence-electron chi connectivity index (χ1n) is 5.98. The summed E-state index contributed by atoms with van der Waals surface area (Å²) in [5.41, 5.74) is 0. The van der Waals surface area contributed by atoms with Crippen molar-refractivity contribution in [1.29, 1.82) is 0 Å². The zero-order valence-electron chi connectivity index (χ0n) is 9.87. The summed E-state index contributed by atoms with van der Waals surface area (Å²) in [5, 5.41) is 8.79. The largest absolute Gasteiger partial charge is 0.396 e. The zero-order valence-corrected chi connectivity index (χ0v) is 9.87. The summed E-state index contributed by atoms with van der Waals surface area (Å²) >= 11 is 0. The van der Waals surface area contributed by atoms with Gasteiger partial charge in [-0.05, 0) is 38.6 Å². The van der Waals surface area contributed by atoms with Gasteiger partial charge < -0.3 is 10.0 Å². The quantitative estimate of drug-likeness (QED) is 0.733. The summed E-state index contributed by atoms with van der Waals surface area (Å²) in [5.74, 6) is 1.76. The molecule has 84 valence electrons. The van der Waals surface area contributed by atoms with Gasteiger partial charge in [0.1, 0.15) is 0 Å². The predicted molar refractivity (Wildman–Crippen MR) is 60.3 cm³/mol. The Morgan fingerprint density at radius 3 is 2.64 bits per heavy atom. The van der Waals surface area contributed by atoms with Crippen molar-refractivity contribution in [2.45, 2.75) is 45.6 Å². The fourth-order valence-electron chi connectivity index (χ4n) is 2.74. The van der Waals surface area contributed by atoms with E-state index >= 15 is 0 Å². The van der Waals surface area contributed by atoms with Gasteiger partial charge in [-0.2, -0.15) is 0 Å². The Morgan fingerprint density at radius 2 is 2.14 bits per heavy atom. The lowest BCUT2D eigenvalue weighted by Crippen LogP contribution is -2.37. The third-order valence-corrected chi connectivity index (χ3v) is 3.91. The maximum absolute atomic E-state index is 8.79. The monoisotopic (exact) mass is 199 g/mol. The summed E-state index contributed by atoms with van der Waals surface area (Å²) in [6.45, 7) is 6.07. The summed E-state index contributed by atoms with van der Waals surface area (Å²) in [7, 11) is 2.19. The van der Waals surface area contributed by atoms with Crippen LogP contribution in [0.5, 0.6) is 0 Å². The van der Waals surface area contributed by atoms with Crippen LogP contribution in [0.4, 0.5) is 0 Å². The van der Waals surface area contributed by atoms with E-state index < -0.39 is 0 Å². The highest BCUT2D eigenvalue weighted by Gasteiger charge is 2.29. The summed E-state index contributed by atoms with van der Waals surface area (Å²) in [4.78, 5) is 2.41. The Hall–Kier alpha value is -0.0800. The lowest BCUT2D eigenvalue weighted by Gasteiger charge is -2.32. The van der Waals surface area contributed by atoms with Gasteiger partial charge in [0.15, 0.2) is 0 Å². The summed E-state index contributed by atoms with van der Waals surface area (Å²) in [6, 6.07) is 0.680. The van der Waals surface area contributed by atoms with Gasteiger partial charge in [0, 0.05) is 19.2 Å². The number of hydrogen-bond donors (Lipinski definition) is 1. The second kappa shape index (κ2) is 5.72. The van der Waals surface area contributed by atoms with E-state index in [1.807, 2.05) is 0 Å². The molecule has 0 aromatic heterocycles. The summed E-state index contributed by atoms with van der Waals surface area (Å²) < 4.78 is 0.